The Labute approximate surface area is 88.3 Å². The van der Waals surface area contributed by atoms with E-state index in [9.17, 15) is 0 Å². The van der Waals surface area contributed by atoms with E-state index >= 15 is 0 Å². The first-order valence-corrected chi connectivity index (χ1v) is 5.64. The highest BCUT2D eigenvalue weighted by Gasteiger charge is 2.15. The largest absolute Gasteiger partial charge is 0.319 e. The summed E-state index contributed by atoms with van der Waals surface area (Å²) >= 11 is 8.71. The van der Waals surface area contributed by atoms with E-state index in [-0.39, 0.29) is 6.04 Å². The van der Waals surface area contributed by atoms with Crippen molar-refractivity contribution in [2.24, 2.45) is 5.73 Å². The number of hydrogen-bond acceptors (Lipinski definition) is 5. The fraction of sp³-hybridized carbons (Fsp3) is 0.143. The lowest BCUT2D eigenvalue weighted by Gasteiger charge is -2.05. The van der Waals surface area contributed by atoms with Gasteiger partial charge in [0.25, 0.3) is 0 Å². The first kappa shape index (κ1) is 9.08. The molecule has 2 aromatic rings. The van der Waals surface area contributed by atoms with Crippen molar-refractivity contribution in [2.45, 2.75) is 6.04 Å². The minimum absolute atomic E-state index is 0.252. The quantitative estimate of drug-likeness (QED) is 0.863. The van der Waals surface area contributed by atoms with Gasteiger partial charge in [-0.15, -0.1) is 16.4 Å². The zero-order chi connectivity index (χ0) is 9.26. The Morgan fingerprint density at radius 1 is 1.54 bits per heavy atom. The Morgan fingerprint density at radius 2 is 2.38 bits per heavy atom. The molecule has 0 spiro atoms. The molecule has 2 N–H and O–H groups in total. The monoisotopic (exact) mass is 231 g/mol. The van der Waals surface area contributed by atoms with E-state index in [0.717, 1.165) is 15.6 Å². The molecule has 0 fully saturated rings. The Morgan fingerprint density at radius 3 is 2.92 bits per heavy atom. The molecular weight excluding hydrogens is 226 g/mol. The van der Waals surface area contributed by atoms with Crippen LogP contribution in [0.3, 0.4) is 0 Å². The molecule has 2 heterocycles. The van der Waals surface area contributed by atoms with Crippen molar-refractivity contribution in [3.8, 4) is 0 Å². The predicted molar refractivity (Wildman–Crippen MR) is 55.3 cm³/mol. The molecule has 0 aliphatic heterocycles. The number of aromatic nitrogens is 2. The third-order valence-electron chi connectivity index (χ3n) is 1.68. The summed E-state index contributed by atoms with van der Waals surface area (Å²) in [6.45, 7) is 0. The Hall–Kier alpha value is -0.490. The third-order valence-corrected chi connectivity index (χ3v) is 3.40. The Kier molecular flexibility index (Phi) is 2.59. The van der Waals surface area contributed by atoms with E-state index in [0.29, 0.717) is 0 Å². The number of halogens is 1. The van der Waals surface area contributed by atoms with Crippen LogP contribution >= 0.6 is 34.5 Å². The second kappa shape index (κ2) is 3.71. The van der Waals surface area contributed by atoms with E-state index in [4.69, 9.17) is 17.3 Å². The maximum absolute atomic E-state index is 5.95. The van der Waals surface area contributed by atoms with Crippen LogP contribution in [-0.2, 0) is 0 Å². The molecule has 1 atom stereocenters. The van der Waals surface area contributed by atoms with Gasteiger partial charge in [-0.3, -0.25) is 0 Å². The first-order valence-electron chi connectivity index (χ1n) is 3.54. The fourth-order valence-corrected chi connectivity index (χ4v) is 2.48. The lowest BCUT2D eigenvalue weighted by Crippen LogP contribution is -2.11. The van der Waals surface area contributed by atoms with Gasteiger partial charge in [0.2, 0.25) is 0 Å². The van der Waals surface area contributed by atoms with Crippen molar-refractivity contribution in [2.75, 3.05) is 0 Å². The lowest BCUT2D eigenvalue weighted by molar-refractivity contribution is 0.822. The van der Waals surface area contributed by atoms with Gasteiger partial charge in [-0.1, -0.05) is 16.1 Å². The van der Waals surface area contributed by atoms with Gasteiger partial charge in [-0.25, -0.2) is 0 Å². The van der Waals surface area contributed by atoms with Crippen molar-refractivity contribution in [3.05, 3.63) is 32.4 Å². The van der Waals surface area contributed by atoms with Crippen LogP contribution in [0.5, 0.6) is 0 Å². The van der Waals surface area contributed by atoms with Crippen LogP contribution in [0, 0.1) is 0 Å². The molecular formula is C7H6ClN3S2. The van der Waals surface area contributed by atoms with Gasteiger partial charge in [-0.05, 0) is 23.0 Å². The second-order valence-corrected chi connectivity index (χ2v) is 4.59. The summed E-state index contributed by atoms with van der Waals surface area (Å²) in [5.41, 5.74) is 7.62. The summed E-state index contributed by atoms with van der Waals surface area (Å²) < 4.78 is 4.48. The van der Waals surface area contributed by atoms with E-state index in [1.165, 1.54) is 22.9 Å². The molecule has 0 bridgehead atoms. The molecule has 0 amide bonds. The van der Waals surface area contributed by atoms with Crippen molar-refractivity contribution >= 4 is 34.5 Å². The van der Waals surface area contributed by atoms with Crippen LogP contribution in [0.2, 0.25) is 4.34 Å². The summed E-state index contributed by atoms with van der Waals surface area (Å²) in [7, 11) is 0. The number of thiophene rings is 1. The third kappa shape index (κ3) is 1.73. The molecule has 1 unspecified atom stereocenters. The molecule has 13 heavy (non-hydrogen) atoms. The van der Waals surface area contributed by atoms with Gasteiger partial charge in [0.05, 0.1) is 16.1 Å². The number of nitrogens with two attached hydrogens (primary N) is 1. The molecule has 0 aliphatic carbocycles. The average molecular weight is 232 g/mol. The predicted octanol–water partition coefficient (Wildman–Crippen LogP) is 2.30. The zero-order valence-electron chi connectivity index (χ0n) is 6.48. The van der Waals surface area contributed by atoms with Crippen LogP contribution in [0.4, 0.5) is 0 Å². The van der Waals surface area contributed by atoms with Crippen LogP contribution < -0.4 is 5.73 Å². The van der Waals surface area contributed by atoms with E-state index < -0.39 is 0 Å². The average Bonchev–Trinajstić information content (AvgIpc) is 2.72. The van der Waals surface area contributed by atoms with Gasteiger partial charge in [0.15, 0.2) is 0 Å². The summed E-state index contributed by atoms with van der Waals surface area (Å²) in [4.78, 5) is 0. The van der Waals surface area contributed by atoms with Gasteiger partial charge in [0.1, 0.15) is 0 Å². The highest BCUT2D eigenvalue weighted by Crippen LogP contribution is 2.30. The molecule has 3 nitrogen and oxygen atoms in total. The molecule has 0 saturated carbocycles. The normalized spacial score (nSPS) is 13.1. The summed E-state index contributed by atoms with van der Waals surface area (Å²) in [6.07, 6.45) is 0. The van der Waals surface area contributed by atoms with Crippen molar-refractivity contribution in [3.63, 3.8) is 0 Å². The standard InChI is InChI=1S/C7H6ClN3S2/c8-7-4(1-2-12-7)6(9)5-3-13-11-10-5/h1-3,6H,9H2. The van der Waals surface area contributed by atoms with E-state index in [1.807, 2.05) is 16.8 Å². The van der Waals surface area contributed by atoms with Crippen molar-refractivity contribution in [1.82, 2.24) is 9.59 Å². The molecule has 0 aromatic carbocycles. The second-order valence-electron chi connectivity index (χ2n) is 2.46. The summed E-state index contributed by atoms with van der Waals surface area (Å²) in [6, 6.07) is 1.66. The number of rotatable bonds is 2. The lowest BCUT2D eigenvalue weighted by atomic mass is 10.1. The molecule has 6 heteroatoms. The van der Waals surface area contributed by atoms with Gasteiger partial charge in [0, 0.05) is 10.9 Å². The van der Waals surface area contributed by atoms with Gasteiger partial charge >= 0.3 is 0 Å². The summed E-state index contributed by atoms with van der Waals surface area (Å²) in [5.74, 6) is 0. The highest BCUT2D eigenvalue weighted by atomic mass is 35.5. The molecule has 0 saturated heterocycles. The molecule has 0 radical (unpaired) electrons. The minimum Gasteiger partial charge on any atom is -0.319 e. The SMILES string of the molecule is NC(c1csnn1)c1ccsc1Cl. The van der Waals surface area contributed by atoms with Crippen LogP contribution in [0.15, 0.2) is 16.8 Å². The first-order chi connectivity index (χ1) is 6.29. The van der Waals surface area contributed by atoms with Crippen molar-refractivity contribution in [1.29, 1.82) is 0 Å². The van der Waals surface area contributed by atoms with Gasteiger partial charge < -0.3 is 5.73 Å². The van der Waals surface area contributed by atoms with Crippen molar-refractivity contribution < 1.29 is 0 Å². The molecule has 2 aromatic heterocycles. The molecule has 0 aliphatic rings. The fourth-order valence-electron chi connectivity index (χ4n) is 0.993. The minimum atomic E-state index is -0.252. The number of nitrogens with zero attached hydrogens (tertiary/aromatic N) is 2. The Bertz CT molecular complexity index is 384. The zero-order valence-corrected chi connectivity index (χ0v) is 8.86. The topological polar surface area (TPSA) is 51.8 Å². The Balaban J connectivity index is 2.33. The highest BCUT2D eigenvalue weighted by molar-refractivity contribution is 7.14. The van der Waals surface area contributed by atoms with Crippen LogP contribution in [0.1, 0.15) is 17.3 Å². The van der Waals surface area contributed by atoms with Crippen LogP contribution in [-0.4, -0.2) is 9.59 Å². The van der Waals surface area contributed by atoms with E-state index in [2.05, 4.69) is 9.59 Å². The maximum Gasteiger partial charge on any atom is 0.0980 e. The van der Waals surface area contributed by atoms with Crippen LogP contribution in [0.25, 0.3) is 0 Å². The summed E-state index contributed by atoms with van der Waals surface area (Å²) in [5, 5.41) is 7.65. The van der Waals surface area contributed by atoms with E-state index in [1.54, 1.807) is 0 Å². The van der Waals surface area contributed by atoms with Gasteiger partial charge in [-0.2, -0.15) is 0 Å². The molecule has 2 rings (SSSR count). The smallest absolute Gasteiger partial charge is 0.0980 e. The molecule has 68 valence electrons. The maximum atomic E-state index is 5.95. The number of hydrogen-bond donors (Lipinski definition) is 1.